The molecule has 0 spiro atoms. The maximum absolute atomic E-state index is 13.2. The van der Waals surface area contributed by atoms with Crippen LogP contribution in [-0.4, -0.2) is 14.5 Å². The predicted molar refractivity (Wildman–Crippen MR) is 72.3 cm³/mol. The lowest BCUT2D eigenvalue weighted by atomic mass is 10.2. The molecular weight excluding hydrogens is 255 g/mol. The maximum Gasteiger partial charge on any atom is 0.141 e. The lowest BCUT2D eigenvalue weighted by Gasteiger charge is -2.07. The average molecular weight is 266 g/mol. The van der Waals surface area contributed by atoms with Crippen LogP contribution in [0.3, 0.4) is 0 Å². The van der Waals surface area contributed by atoms with Crippen LogP contribution in [0.2, 0.25) is 0 Å². The summed E-state index contributed by atoms with van der Waals surface area (Å²) < 4.78 is 15.1. The fourth-order valence-corrected chi connectivity index (χ4v) is 2.23. The monoisotopic (exact) mass is 266 g/mol. The fourth-order valence-electron chi connectivity index (χ4n) is 2.23. The highest BCUT2D eigenvalue weighted by Gasteiger charge is 2.10. The minimum absolute atomic E-state index is 0.220. The number of nitrogens with zero attached hydrogens (tertiary/aromatic N) is 4. The van der Waals surface area contributed by atoms with Gasteiger partial charge >= 0.3 is 0 Å². The van der Waals surface area contributed by atoms with E-state index in [0.29, 0.717) is 12.4 Å². The fraction of sp³-hybridized carbons (Fsp3) is 0.133. The molecule has 98 valence electrons. The van der Waals surface area contributed by atoms with Crippen molar-refractivity contribution < 1.29 is 4.39 Å². The molecule has 0 radical (unpaired) electrons. The Morgan fingerprint density at radius 1 is 1.25 bits per heavy atom. The van der Waals surface area contributed by atoms with Gasteiger partial charge in [0.25, 0.3) is 0 Å². The first-order valence-electron chi connectivity index (χ1n) is 6.18. The Kier molecular flexibility index (Phi) is 3.13. The van der Waals surface area contributed by atoms with Crippen LogP contribution in [-0.2, 0) is 13.0 Å². The molecule has 2 heterocycles. The zero-order valence-electron chi connectivity index (χ0n) is 10.6. The highest BCUT2D eigenvalue weighted by atomic mass is 19.1. The molecule has 1 aromatic carbocycles. The van der Waals surface area contributed by atoms with Crippen LogP contribution in [0.15, 0.2) is 42.7 Å². The second-order valence-electron chi connectivity index (χ2n) is 4.45. The van der Waals surface area contributed by atoms with Crippen molar-refractivity contribution in [1.29, 1.82) is 5.26 Å². The van der Waals surface area contributed by atoms with Gasteiger partial charge in [-0.15, -0.1) is 0 Å². The van der Waals surface area contributed by atoms with Crippen molar-refractivity contribution in [3.63, 3.8) is 0 Å². The highest BCUT2D eigenvalue weighted by molar-refractivity contribution is 5.76. The molecule has 3 rings (SSSR count). The molecule has 0 bridgehead atoms. The minimum Gasteiger partial charge on any atom is -0.323 e. The molecule has 0 unspecified atom stereocenters. The van der Waals surface area contributed by atoms with Gasteiger partial charge in [-0.3, -0.25) is 4.98 Å². The number of rotatable bonds is 3. The number of hydrogen-bond donors (Lipinski definition) is 0. The molecular formula is C15H11FN4. The van der Waals surface area contributed by atoms with Crippen molar-refractivity contribution in [2.75, 3.05) is 0 Å². The van der Waals surface area contributed by atoms with E-state index in [1.165, 1.54) is 12.3 Å². The molecule has 0 N–H and O–H groups in total. The van der Waals surface area contributed by atoms with Crippen LogP contribution < -0.4 is 0 Å². The van der Waals surface area contributed by atoms with Gasteiger partial charge in [0.1, 0.15) is 11.6 Å². The summed E-state index contributed by atoms with van der Waals surface area (Å²) in [6.07, 6.45) is 3.01. The Labute approximate surface area is 115 Å². The highest BCUT2D eigenvalue weighted by Crippen LogP contribution is 2.18. The van der Waals surface area contributed by atoms with Crippen molar-refractivity contribution in [3.8, 4) is 6.07 Å². The minimum atomic E-state index is -0.367. The first-order chi connectivity index (χ1) is 9.78. The van der Waals surface area contributed by atoms with Crippen LogP contribution in [0.1, 0.15) is 11.4 Å². The number of nitriles is 1. The van der Waals surface area contributed by atoms with E-state index in [0.717, 1.165) is 16.6 Å². The molecule has 0 saturated heterocycles. The number of hydrogen-bond acceptors (Lipinski definition) is 3. The number of benzene rings is 1. The second-order valence-corrected chi connectivity index (χ2v) is 4.45. The molecule has 5 heteroatoms. The van der Waals surface area contributed by atoms with E-state index in [4.69, 9.17) is 5.26 Å². The van der Waals surface area contributed by atoms with Gasteiger partial charge in [0, 0.05) is 6.20 Å². The standard InChI is InChI=1S/C15H11FN4/c16-12-7-11(8-18-9-12)10-20-14-4-2-1-3-13(14)19-15(20)5-6-17/h1-4,7-9H,5,10H2. The van der Waals surface area contributed by atoms with Crippen molar-refractivity contribution in [1.82, 2.24) is 14.5 Å². The van der Waals surface area contributed by atoms with Gasteiger partial charge in [-0.05, 0) is 23.8 Å². The first kappa shape index (κ1) is 12.3. The quantitative estimate of drug-likeness (QED) is 0.732. The number of imidazole rings is 1. The molecule has 0 atom stereocenters. The number of halogens is 1. The van der Waals surface area contributed by atoms with E-state index in [9.17, 15) is 4.39 Å². The Bertz CT molecular complexity index is 801. The third-order valence-corrected chi connectivity index (χ3v) is 3.07. The van der Waals surface area contributed by atoms with E-state index in [-0.39, 0.29) is 12.2 Å². The van der Waals surface area contributed by atoms with E-state index >= 15 is 0 Å². The molecule has 2 aromatic heterocycles. The molecule has 3 aromatic rings. The van der Waals surface area contributed by atoms with E-state index in [1.807, 2.05) is 28.8 Å². The normalized spacial score (nSPS) is 10.6. The molecule has 20 heavy (non-hydrogen) atoms. The van der Waals surface area contributed by atoms with E-state index in [1.54, 1.807) is 6.20 Å². The van der Waals surface area contributed by atoms with Crippen LogP contribution in [0.4, 0.5) is 4.39 Å². The van der Waals surface area contributed by atoms with Crippen molar-refractivity contribution >= 4 is 11.0 Å². The Hall–Kier alpha value is -2.74. The summed E-state index contributed by atoms with van der Waals surface area (Å²) in [4.78, 5) is 8.29. The van der Waals surface area contributed by atoms with Gasteiger partial charge in [-0.1, -0.05) is 12.1 Å². The number of fused-ring (bicyclic) bond motifs is 1. The van der Waals surface area contributed by atoms with Gasteiger partial charge in [0.2, 0.25) is 0 Å². The number of pyridine rings is 1. The second kappa shape index (κ2) is 5.10. The van der Waals surface area contributed by atoms with E-state index < -0.39 is 0 Å². The summed E-state index contributed by atoms with van der Waals surface area (Å²) in [6.45, 7) is 0.447. The molecule has 0 aliphatic carbocycles. The van der Waals surface area contributed by atoms with Gasteiger partial charge < -0.3 is 4.57 Å². The molecule has 0 fully saturated rings. The van der Waals surface area contributed by atoms with Crippen molar-refractivity contribution in [2.24, 2.45) is 0 Å². The molecule has 4 nitrogen and oxygen atoms in total. The Morgan fingerprint density at radius 2 is 2.10 bits per heavy atom. The summed E-state index contributed by atoms with van der Waals surface area (Å²) in [5, 5.41) is 8.90. The zero-order chi connectivity index (χ0) is 13.9. The molecule has 0 aliphatic rings. The van der Waals surface area contributed by atoms with Gasteiger partial charge in [0.05, 0.1) is 36.3 Å². The van der Waals surface area contributed by atoms with Crippen molar-refractivity contribution in [2.45, 2.75) is 13.0 Å². The first-order valence-corrected chi connectivity index (χ1v) is 6.18. The van der Waals surface area contributed by atoms with Crippen molar-refractivity contribution in [3.05, 3.63) is 59.9 Å². The van der Waals surface area contributed by atoms with Crippen LogP contribution in [0.25, 0.3) is 11.0 Å². The largest absolute Gasteiger partial charge is 0.323 e. The molecule has 0 amide bonds. The van der Waals surface area contributed by atoms with E-state index in [2.05, 4.69) is 16.0 Å². The number of aromatic nitrogens is 3. The summed E-state index contributed by atoms with van der Waals surface area (Å²) in [7, 11) is 0. The Morgan fingerprint density at radius 3 is 2.90 bits per heavy atom. The average Bonchev–Trinajstić information content (AvgIpc) is 2.78. The predicted octanol–water partition coefficient (Wildman–Crippen LogP) is 2.68. The van der Waals surface area contributed by atoms with Crippen LogP contribution in [0, 0.1) is 17.1 Å². The van der Waals surface area contributed by atoms with Gasteiger partial charge in [0.15, 0.2) is 0 Å². The summed E-state index contributed by atoms with van der Waals surface area (Å²) in [5.41, 5.74) is 2.51. The zero-order valence-corrected chi connectivity index (χ0v) is 10.6. The summed E-state index contributed by atoms with van der Waals surface area (Å²) in [5.74, 6) is 0.312. The number of para-hydroxylation sites is 2. The van der Waals surface area contributed by atoms with Crippen LogP contribution >= 0.6 is 0 Å². The lowest BCUT2D eigenvalue weighted by Crippen LogP contribution is -2.05. The van der Waals surface area contributed by atoms with Gasteiger partial charge in [-0.25, -0.2) is 9.37 Å². The third-order valence-electron chi connectivity index (χ3n) is 3.07. The smallest absolute Gasteiger partial charge is 0.141 e. The van der Waals surface area contributed by atoms with Gasteiger partial charge in [-0.2, -0.15) is 5.26 Å². The summed E-state index contributed by atoms with van der Waals surface area (Å²) in [6, 6.07) is 11.2. The lowest BCUT2D eigenvalue weighted by molar-refractivity contribution is 0.616. The molecule has 0 aliphatic heterocycles. The maximum atomic E-state index is 13.2. The molecule has 0 saturated carbocycles. The van der Waals surface area contributed by atoms with Crippen LogP contribution in [0.5, 0.6) is 0 Å². The third kappa shape index (κ3) is 2.24. The summed E-state index contributed by atoms with van der Waals surface area (Å²) >= 11 is 0. The SMILES string of the molecule is N#CCc1nc2ccccc2n1Cc1cncc(F)c1. The Balaban J connectivity index is 2.09. The topological polar surface area (TPSA) is 54.5 Å².